The second-order valence-corrected chi connectivity index (χ2v) is 4.19. The van der Waals surface area contributed by atoms with E-state index in [-0.39, 0.29) is 18.1 Å². The van der Waals surface area contributed by atoms with Crippen LogP contribution in [-0.2, 0) is 16.0 Å². The van der Waals surface area contributed by atoms with E-state index in [1.54, 1.807) is 16.2 Å². The van der Waals surface area contributed by atoms with Gasteiger partial charge in [-0.1, -0.05) is 0 Å². The fourth-order valence-corrected chi connectivity index (χ4v) is 2.24. The number of hydrogen-bond acceptors (Lipinski definition) is 3. The Morgan fingerprint density at radius 2 is 2.29 bits per heavy atom. The molecule has 0 saturated carbocycles. The highest BCUT2D eigenvalue weighted by molar-refractivity contribution is 7.07. The van der Waals surface area contributed by atoms with Gasteiger partial charge in [-0.05, 0) is 28.8 Å². The zero-order chi connectivity index (χ0) is 9.97. The van der Waals surface area contributed by atoms with E-state index in [1.807, 2.05) is 11.4 Å². The molecule has 0 unspecified atom stereocenters. The van der Waals surface area contributed by atoms with E-state index in [1.165, 1.54) is 5.56 Å². The van der Waals surface area contributed by atoms with Crippen LogP contribution in [0.2, 0.25) is 0 Å². The molecule has 1 aliphatic rings. The van der Waals surface area contributed by atoms with Gasteiger partial charge in [0, 0.05) is 6.54 Å². The minimum Gasteiger partial charge on any atom is -0.335 e. The van der Waals surface area contributed by atoms with Crippen molar-refractivity contribution in [2.45, 2.75) is 12.8 Å². The molecule has 0 aromatic carbocycles. The molecule has 74 valence electrons. The molecular formula is C10H11NO2S. The number of ketones is 1. The first-order chi connectivity index (χ1) is 6.75. The van der Waals surface area contributed by atoms with Gasteiger partial charge in [0.1, 0.15) is 0 Å². The predicted molar refractivity (Wildman–Crippen MR) is 54.2 cm³/mol. The molecule has 1 aliphatic heterocycles. The Hall–Kier alpha value is -1.16. The molecule has 0 aliphatic carbocycles. The molecule has 0 bridgehead atoms. The fraction of sp³-hybridized carbons (Fsp3) is 0.400. The Bertz CT molecular complexity index is 345. The van der Waals surface area contributed by atoms with Crippen molar-refractivity contribution in [3.8, 4) is 0 Å². The summed E-state index contributed by atoms with van der Waals surface area (Å²) in [7, 11) is 0. The lowest BCUT2D eigenvalue weighted by molar-refractivity contribution is -0.127. The highest BCUT2D eigenvalue weighted by Crippen LogP contribution is 2.10. The van der Waals surface area contributed by atoms with Crippen LogP contribution in [0.1, 0.15) is 12.0 Å². The van der Waals surface area contributed by atoms with Crippen LogP contribution in [0.5, 0.6) is 0 Å². The summed E-state index contributed by atoms with van der Waals surface area (Å²) in [6.07, 6.45) is 0.951. The van der Waals surface area contributed by atoms with Crippen molar-refractivity contribution in [1.29, 1.82) is 0 Å². The van der Waals surface area contributed by atoms with Crippen LogP contribution < -0.4 is 0 Å². The minimum absolute atomic E-state index is 0.0229. The Labute approximate surface area is 86.3 Å². The first kappa shape index (κ1) is 9.40. The second kappa shape index (κ2) is 3.92. The average molecular weight is 209 g/mol. The highest BCUT2D eigenvalue weighted by Gasteiger charge is 2.26. The van der Waals surface area contributed by atoms with E-state index in [0.717, 1.165) is 6.42 Å². The zero-order valence-corrected chi connectivity index (χ0v) is 8.55. The van der Waals surface area contributed by atoms with E-state index in [9.17, 15) is 9.59 Å². The third-order valence-corrected chi connectivity index (χ3v) is 3.05. The van der Waals surface area contributed by atoms with Gasteiger partial charge in [-0.3, -0.25) is 9.59 Å². The van der Waals surface area contributed by atoms with Gasteiger partial charge in [0.25, 0.3) is 0 Å². The summed E-state index contributed by atoms with van der Waals surface area (Å²) in [5.74, 6) is 0.0190. The summed E-state index contributed by atoms with van der Waals surface area (Å²) in [6, 6.07) is 2.05. The number of carbonyl (C=O) groups excluding carboxylic acids is 2. The first-order valence-corrected chi connectivity index (χ1v) is 5.50. The van der Waals surface area contributed by atoms with Gasteiger partial charge in [0.2, 0.25) is 5.91 Å². The lowest BCUT2D eigenvalue weighted by Gasteiger charge is -2.13. The molecule has 1 fully saturated rings. The Morgan fingerprint density at radius 1 is 1.43 bits per heavy atom. The monoisotopic (exact) mass is 209 g/mol. The SMILES string of the molecule is O=C1CC(=O)N(CCc2ccsc2)C1. The van der Waals surface area contributed by atoms with Crippen LogP contribution in [0.3, 0.4) is 0 Å². The van der Waals surface area contributed by atoms with Crippen molar-refractivity contribution < 1.29 is 9.59 Å². The van der Waals surface area contributed by atoms with Gasteiger partial charge >= 0.3 is 0 Å². The molecule has 1 aromatic heterocycles. The van der Waals surface area contributed by atoms with Gasteiger partial charge < -0.3 is 4.90 Å². The molecule has 0 spiro atoms. The van der Waals surface area contributed by atoms with Crippen molar-refractivity contribution in [3.63, 3.8) is 0 Å². The van der Waals surface area contributed by atoms with Crippen LogP contribution in [0.25, 0.3) is 0 Å². The van der Waals surface area contributed by atoms with Crippen LogP contribution in [0.4, 0.5) is 0 Å². The topological polar surface area (TPSA) is 37.4 Å². The normalized spacial score (nSPS) is 16.7. The largest absolute Gasteiger partial charge is 0.335 e. The predicted octanol–water partition coefficient (Wildman–Crippen LogP) is 1.09. The third-order valence-electron chi connectivity index (χ3n) is 2.32. The summed E-state index contributed by atoms with van der Waals surface area (Å²) in [6.45, 7) is 0.976. The van der Waals surface area contributed by atoms with Crippen LogP contribution in [-0.4, -0.2) is 29.7 Å². The number of hydrogen-bond donors (Lipinski definition) is 0. The molecule has 2 heterocycles. The maximum Gasteiger partial charge on any atom is 0.230 e. The number of amides is 1. The maximum atomic E-state index is 11.3. The molecule has 3 nitrogen and oxygen atoms in total. The number of nitrogens with zero attached hydrogens (tertiary/aromatic N) is 1. The lowest BCUT2D eigenvalue weighted by Crippen LogP contribution is -2.27. The van der Waals surface area contributed by atoms with E-state index in [0.29, 0.717) is 13.1 Å². The zero-order valence-electron chi connectivity index (χ0n) is 7.73. The van der Waals surface area contributed by atoms with E-state index in [4.69, 9.17) is 0 Å². The van der Waals surface area contributed by atoms with Crippen molar-refractivity contribution in [2.24, 2.45) is 0 Å². The van der Waals surface area contributed by atoms with Crippen molar-refractivity contribution in [3.05, 3.63) is 22.4 Å². The number of likely N-dealkylation sites (tertiary alicyclic amines) is 1. The standard InChI is InChI=1S/C10H11NO2S/c12-9-5-10(13)11(6-9)3-1-8-2-4-14-7-8/h2,4,7H,1,3,5-6H2. The fourth-order valence-electron chi connectivity index (χ4n) is 1.54. The van der Waals surface area contributed by atoms with Crippen molar-refractivity contribution >= 4 is 23.0 Å². The van der Waals surface area contributed by atoms with E-state index >= 15 is 0 Å². The second-order valence-electron chi connectivity index (χ2n) is 3.41. The van der Waals surface area contributed by atoms with Gasteiger partial charge in [0.15, 0.2) is 5.78 Å². The lowest BCUT2D eigenvalue weighted by atomic mass is 10.2. The molecule has 1 saturated heterocycles. The van der Waals surface area contributed by atoms with E-state index in [2.05, 4.69) is 5.38 Å². The Balaban J connectivity index is 1.87. The number of thiophene rings is 1. The average Bonchev–Trinajstić information content (AvgIpc) is 2.72. The van der Waals surface area contributed by atoms with Gasteiger partial charge in [0.05, 0.1) is 13.0 Å². The molecule has 2 rings (SSSR count). The Morgan fingerprint density at radius 3 is 2.86 bits per heavy atom. The molecule has 4 heteroatoms. The Kier molecular flexibility index (Phi) is 2.63. The minimum atomic E-state index is -0.0229. The van der Waals surface area contributed by atoms with Crippen LogP contribution in [0, 0.1) is 0 Å². The van der Waals surface area contributed by atoms with Crippen molar-refractivity contribution in [2.75, 3.05) is 13.1 Å². The quantitative estimate of drug-likeness (QED) is 0.699. The van der Waals surface area contributed by atoms with Crippen LogP contribution in [0.15, 0.2) is 16.8 Å². The number of rotatable bonds is 3. The maximum absolute atomic E-state index is 11.3. The molecule has 0 radical (unpaired) electrons. The summed E-state index contributed by atoms with van der Waals surface area (Å²) in [4.78, 5) is 23.9. The number of carbonyl (C=O) groups is 2. The summed E-state index contributed by atoms with van der Waals surface area (Å²) >= 11 is 1.65. The smallest absolute Gasteiger partial charge is 0.230 e. The summed E-state index contributed by atoms with van der Waals surface area (Å²) in [5.41, 5.74) is 1.24. The summed E-state index contributed by atoms with van der Waals surface area (Å²) in [5, 5.41) is 4.09. The molecule has 14 heavy (non-hydrogen) atoms. The molecule has 0 N–H and O–H groups in total. The van der Waals surface area contributed by atoms with Crippen molar-refractivity contribution in [1.82, 2.24) is 4.90 Å². The highest BCUT2D eigenvalue weighted by atomic mass is 32.1. The molecule has 0 atom stereocenters. The molecule has 1 aromatic rings. The van der Waals surface area contributed by atoms with E-state index < -0.39 is 0 Å². The molecule has 1 amide bonds. The number of Topliss-reactive ketones (excluding diaryl/α,β-unsaturated/α-hetero) is 1. The van der Waals surface area contributed by atoms with Gasteiger partial charge in [-0.2, -0.15) is 11.3 Å². The van der Waals surface area contributed by atoms with Gasteiger partial charge in [-0.25, -0.2) is 0 Å². The first-order valence-electron chi connectivity index (χ1n) is 4.56. The van der Waals surface area contributed by atoms with Crippen LogP contribution >= 0.6 is 11.3 Å². The summed E-state index contributed by atoms with van der Waals surface area (Å²) < 4.78 is 0. The third kappa shape index (κ3) is 2.01. The molecular weight excluding hydrogens is 198 g/mol. The van der Waals surface area contributed by atoms with Gasteiger partial charge in [-0.15, -0.1) is 0 Å².